The number of amides is 1. The molecule has 0 spiro atoms. The van der Waals surface area contributed by atoms with Gasteiger partial charge in [0.15, 0.2) is 0 Å². The maximum Gasteiger partial charge on any atom is 0.256 e. The van der Waals surface area contributed by atoms with E-state index in [9.17, 15) is 9.18 Å². The largest absolute Gasteiger partial charge is 0.365 e. The van der Waals surface area contributed by atoms with Crippen molar-refractivity contribution in [2.45, 2.75) is 25.6 Å². The standard InChI is InChI=1S/C22H22FN3OS/c1-13-3-5-15(6-4-13)22-26(14(2)20(28-22)21(24)27)10-9-16-12-25-19-8-7-17(23)11-18(16)19/h3-8,11-12,22,25H,9-10H2,1-2H3,(H2,24,27). The number of carbonyl (C=O) groups excluding carboxylic acids is 1. The first-order valence-electron chi connectivity index (χ1n) is 9.20. The lowest BCUT2D eigenvalue weighted by Gasteiger charge is -2.28. The van der Waals surface area contributed by atoms with E-state index in [2.05, 4.69) is 41.1 Å². The number of nitrogens with zero attached hydrogens (tertiary/aromatic N) is 1. The molecule has 1 atom stereocenters. The number of fused-ring (bicyclic) bond motifs is 1. The lowest BCUT2D eigenvalue weighted by atomic mass is 10.1. The van der Waals surface area contributed by atoms with Crippen molar-refractivity contribution in [3.8, 4) is 0 Å². The van der Waals surface area contributed by atoms with E-state index in [0.717, 1.165) is 34.1 Å². The zero-order valence-corrected chi connectivity index (χ0v) is 16.6. The summed E-state index contributed by atoms with van der Waals surface area (Å²) in [6, 6.07) is 13.1. The first kappa shape index (κ1) is 18.6. The Kier molecular flexibility index (Phi) is 4.89. The van der Waals surface area contributed by atoms with Crippen molar-refractivity contribution < 1.29 is 9.18 Å². The predicted molar refractivity (Wildman–Crippen MR) is 112 cm³/mol. The van der Waals surface area contributed by atoms with Crippen molar-refractivity contribution in [3.05, 3.63) is 81.8 Å². The number of aromatic nitrogens is 1. The molecule has 2 heterocycles. The fourth-order valence-electron chi connectivity index (χ4n) is 3.67. The smallest absolute Gasteiger partial charge is 0.256 e. The molecule has 2 aromatic carbocycles. The number of halogens is 1. The molecule has 0 saturated heterocycles. The number of nitrogens with one attached hydrogen (secondary N) is 1. The van der Waals surface area contributed by atoms with Crippen LogP contribution in [0.25, 0.3) is 10.9 Å². The number of rotatable bonds is 5. The molecule has 1 aromatic heterocycles. The summed E-state index contributed by atoms with van der Waals surface area (Å²) in [4.78, 5) is 17.9. The van der Waals surface area contributed by atoms with Crippen molar-refractivity contribution in [2.75, 3.05) is 6.54 Å². The number of allylic oxidation sites excluding steroid dienone is 1. The lowest BCUT2D eigenvalue weighted by Crippen LogP contribution is -2.24. The SMILES string of the molecule is CC1=C(C(N)=O)SC(c2ccc(C)cc2)N1CCc1c[nH]c2ccc(F)cc12. The second-order valence-electron chi connectivity index (χ2n) is 7.11. The summed E-state index contributed by atoms with van der Waals surface area (Å²) in [7, 11) is 0. The highest BCUT2D eigenvalue weighted by molar-refractivity contribution is 8.04. The molecular weight excluding hydrogens is 373 g/mol. The van der Waals surface area contributed by atoms with Crippen LogP contribution in [0.2, 0.25) is 0 Å². The summed E-state index contributed by atoms with van der Waals surface area (Å²) in [5.41, 5.74) is 10.8. The molecule has 144 valence electrons. The van der Waals surface area contributed by atoms with Gasteiger partial charge in [-0.3, -0.25) is 4.79 Å². The molecule has 1 unspecified atom stereocenters. The average Bonchev–Trinajstić information content (AvgIpc) is 3.21. The number of benzene rings is 2. The first-order valence-corrected chi connectivity index (χ1v) is 10.1. The van der Waals surface area contributed by atoms with Gasteiger partial charge in [0, 0.05) is 29.3 Å². The van der Waals surface area contributed by atoms with E-state index in [1.54, 1.807) is 12.1 Å². The van der Waals surface area contributed by atoms with E-state index in [0.29, 0.717) is 11.4 Å². The Labute approximate surface area is 167 Å². The number of H-pyrrole nitrogens is 1. The summed E-state index contributed by atoms with van der Waals surface area (Å²) < 4.78 is 13.7. The van der Waals surface area contributed by atoms with Crippen LogP contribution >= 0.6 is 11.8 Å². The number of nitrogens with two attached hydrogens (primary N) is 1. The van der Waals surface area contributed by atoms with Gasteiger partial charge < -0.3 is 15.6 Å². The summed E-state index contributed by atoms with van der Waals surface area (Å²) in [5.74, 6) is -0.633. The quantitative estimate of drug-likeness (QED) is 0.662. The molecule has 0 fully saturated rings. The molecule has 6 heteroatoms. The number of hydrogen-bond donors (Lipinski definition) is 2. The number of hydrogen-bond acceptors (Lipinski definition) is 3. The number of carbonyl (C=O) groups is 1. The van der Waals surface area contributed by atoms with Crippen LogP contribution in [-0.4, -0.2) is 22.3 Å². The molecule has 3 aromatic rings. The van der Waals surface area contributed by atoms with E-state index in [-0.39, 0.29) is 11.2 Å². The third-order valence-corrected chi connectivity index (χ3v) is 6.69. The average molecular weight is 396 g/mol. The van der Waals surface area contributed by atoms with Crippen LogP contribution < -0.4 is 5.73 Å². The van der Waals surface area contributed by atoms with Crippen molar-refractivity contribution in [3.63, 3.8) is 0 Å². The highest BCUT2D eigenvalue weighted by Gasteiger charge is 2.33. The third kappa shape index (κ3) is 3.40. The van der Waals surface area contributed by atoms with E-state index in [4.69, 9.17) is 5.73 Å². The zero-order valence-electron chi connectivity index (χ0n) is 15.8. The topological polar surface area (TPSA) is 62.1 Å². The van der Waals surface area contributed by atoms with E-state index < -0.39 is 5.91 Å². The van der Waals surface area contributed by atoms with Crippen molar-refractivity contribution in [1.29, 1.82) is 0 Å². The minimum absolute atomic E-state index is 0.00467. The first-order chi connectivity index (χ1) is 13.4. The molecule has 1 aliphatic heterocycles. The Bertz CT molecular complexity index is 1070. The molecule has 28 heavy (non-hydrogen) atoms. The number of primary amides is 1. The fourth-order valence-corrected chi connectivity index (χ4v) is 4.98. The molecule has 3 N–H and O–H groups in total. The van der Waals surface area contributed by atoms with Crippen molar-refractivity contribution in [1.82, 2.24) is 9.88 Å². The maximum absolute atomic E-state index is 13.7. The van der Waals surface area contributed by atoms with Crippen LogP contribution in [0.5, 0.6) is 0 Å². The van der Waals surface area contributed by atoms with Crippen LogP contribution in [0.1, 0.15) is 29.0 Å². The van der Waals surface area contributed by atoms with Gasteiger partial charge in [0.05, 0.1) is 4.91 Å². The van der Waals surface area contributed by atoms with E-state index in [1.807, 2.05) is 13.1 Å². The van der Waals surface area contributed by atoms with Crippen LogP contribution in [-0.2, 0) is 11.2 Å². The second-order valence-corrected chi connectivity index (χ2v) is 8.20. The Hall–Kier alpha value is -2.73. The van der Waals surface area contributed by atoms with Crippen LogP contribution in [0.15, 0.2) is 59.3 Å². The van der Waals surface area contributed by atoms with Crippen LogP contribution in [0, 0.1) is 12.7 Å². The molecule has 1 aliphatic rings. The molecule has 1 amide bonds. The van der Waals surface area contributed by atoms with Gasteiger partial charge in [-0.05, 0) is 49.6 Å². The predicted octanol–water partition coefficient (Wildman–Crippen LogP) is 4.62. The van der Waals surface area contributed by atoms with Gasteiger partial charge in [-0.25, -0.2) is 4.39 Å². The van der Waals surface area contributed by atoms with Crippen molar-refractivity contribution in [2.24, 2.45) is 5.73 Å². The highest BCUT2D eigenvalue weighted by atomic mass is 32.2. The number of aromatic amines is 1. The molecule has 4 nitrogen and oxygen atoms in total. The van der Waals surface area contributed by atoms with Crippen LogP contribution in [0.3, 0.4) is 0 Å². The fraction of sp³-hybridized carbons (Fsp3) is 0.227. The molecular formula is C22H22FN3OS. The Morgan fingerprint density at radius 2 is 1.96 bits per heavy atom. The van der Waals surface area contributed by atoms with Crippen LogP contribution in [0.4, 0.5) is 4.39 Å². The van der Waals surface area contributed by atoms with Crippen molar-refractivity contribution >= 4 is 28.6 Å². The lowest BCUT2D eigenvalue weighted by molar-refractivity contribution is -0.114. The third-order valence-electron chi connectivity index (χ3n) is 5.21. The maximum atomic E-state index is 13.7. The van der Waals surface area contributed by atoms with Gasteiger partial charge in [0.25, 0.3) is 5.91 Å². The molecule has 0 radical (unpaired) electrons. The Balaban J connectivity index is 1.62. The number of thioether (sulfide) groups is 1. The zero-order chi connectivity index (χ0) is 19.8. The van der Waals surface area contributed by atoms with E-state index in [1.165, 1.54) is 23.4 Å². The van der Waals surface area contributed by atoms with Gasteiger partial charge in [-0.1, -0.05) is 41.6 Å². The molecule has 0 aliphatic carbocycles. The molecule has 4 rings (SSSR count). The Morgan fingerprint density at radius 3 is 2.68 bits per heavy atom. The monoisotopic (exact) mass is 395 g/mol. The molecule has 0 bridgehead atoms. The summed E-state index contributed by atoms with van der Waals surface area (Å²) in [6.07, 6.45) is 2.66. The highest BCUT2D eigenvalue weighted by Crippen LogP contribution is 2.47. The summed E-state index contributed by atoms with van der Waals surface area (Å²) in [6.45, 7) is 4.70. The number of aryl methyl sites for hydroxylation is 1. The van der Waals surface area contributed by atoms with Gasteiger partial charge in [0.2, 0.25) is 0 Å². The minimum Gasteiger partial charge on any atom is -0.365 e. The second kappa shape index (κ2) is 7.36. The van der Waals surface area contributed by atoms with E-state index >= 15 is 0 Å². The van der Waals surface area contributed by atoms with Gasteiger partial charge in [-0.2, -0.15) is 0 Å². The van der Waals surface area contributed by atoms with Gasteiger partial charge in [-0.15, -0.1) is 0 Å². The van der Waals surface area contributed by atoms with Gasteiger partial charge >= 0.3 is 0 Å². The summed E-state index contributed by atoms with van der Waals surface area (Å²) >= 11 is 1.50. The minimum atomic E-state index is -0.392. The van der Waals surface area contributed by atoms with Gasteiger partial charge in [0.1, 0.15) is 11.2 Å². The summed E-state index contributed by atoms with van der Waals surface area (Å²) in [5, 5.41) is 0.903. The Morgan fingerprint density at radius 1 is 1.21 bits per heavy atom. The normalized spacial score (nSPS) is 17.0. The molecule has 0 saturated carbocycles.